The molecule has 1 amide bonds. The Kier molecular flexibility index (Phi) is 4.43. The molecule has 0 bridgehead atoms. The minimum atomic E-state index is -0.00213. The zero-order valence-electron chi connectivity index (χ0n) is 16.4. The zero-order chi connectivity index (χ0) is 19.1. The number of carbonyl (C=O) groups excluding carboxylic acids is 1. The van der Waals surface area contributed by atoms with Crippen LogP contribution in [-0.2, 0) is 26.6 Å². The molecule has 6 heteroatoms. The number of nitrogens with one attached hydrogen (secondary N) is 2. The highest BCUT2D eigenvalue weighted by atomic mass is 16.2. The van der Waals surface area contributed by atoms with Gasteiger partial charge in [0.05, 0.1) is 0 Å². The zero-order valence-corrected chi connectivity index (χ0v) is 16.4. The molecule has 0 atom stereocenters. The maximum absolute atomic E-state index is 12.9. The molecule has 0 unspecified atom stereocenters. The summed E-state index contributed by atoms with van der Waals surface area (Å²) >= 11 is 0. The van der Waals surface area contributed by atoms with Crippen LogP contribution in [0, 0.1) is 0 Å². The van der Waals surface area contributed by atoms with Crippen LogP contribution in [0.5, 0.6) is 0 Å². The van der Waals surface area contributed by atoms with E-state index in [1.165, 1.54) is 35.0 Å². The number of amides is 1. The molecule has 1 aromatic carbocycles. The van der Waals surface area contributed by atoms with Gasteiger partial charge in [0.15, 0.2) is 5.69 Å². The third-order valence-electron chi connectivity index (χ3n) is 6.30. The van der Waals surface area contributed by atoms with Gasteiger partial charge < -0.3 is 10.3 Å². The van der Waals surface area contributed by atoms with Gasteiger partial charge in [0.2, 0.25) is 0 Å². The molecule has 2 aromatic heterocycles. The van der Waals surface area contributed by atoms with Gasteiger partial charge in [0.25, 0.3) is 5.91 Å². The Balaban J connectivity index is 1.36. The van der Waals surface area contributed by atoms with Gasteiger partial charge >= 0.3 is 0 Å². The lowest BCUT2D eigenvalue weighted by Gasteiger charge is -2.27. The summed E-state index contributed by atoms with van der Waals surface area (Å²) in [4.78, 5) is 18.7. The van der Waals surface area contributed by atoms with Gasteiger partial charge in [-0.2, -0.15) is 5.10 Å². The van der Waals surface area contributed by atoms with Crippen molar-refractivity contribution in [2.45, 2.75) is 51.2 Å². The molecule has 0 radical (unpaired) electrons. The fraction of sp³-hybridized carbons (Fsp3) is 0.455. The molecule has 1 fully saturated rings. The minimum absolute atomic E-state index is 0.00213. The molecular formula is C22H27N5O. The molecule has 5 rings (SSSR count). The van der Waals surface area contributed by atoms with Gasteiger partial charge in [-0.25, -0.2) is 0 Å². The summed E-state index contributed by atoms with van der Waals surface area (Å²) in [6.45, 7) is 2.63. The Morgan fingerprint density at radius 2 is 2.11 bits per heavy atom. The fourth-order valence-corrected chi connectivity index (χ4v) is 4.79. The number of rotatable bonds is 4. The second-order valence-electron chi connectivity index (χ2n) is 8.17. The van der Waals surface area contributed by atoms with Crippen LogP contribution in [0.2, 0.25) is 0 Å². The lowest BCUT2D eigenvalue weighted by atomic mass is 10.0. The molecule has 1 saturated carbocycles. The molecule has 3 heterocycles. The molecule has 146 valence electrons. The van der Waals surface area contributed by atoms with Gasteiger partial charge in [-0.05, 0) is 24.5 Å². The van der Waals surface area contributed by atoms with Crippen LogP contribution in [0.25, 0.3) is 10.9 Å². The van der Waals surface area contributed by atoms with Crippen LogP contribution in [-0.4, -0.2) is 38.2 Å². The molecule has 2 aliphatic rings. The van der Waals surface area contributed by atoms with E-state index in [4.69, 9.17) is 0 Å². The molecule has 3 aromatic rings. The molecule has 1 aliphatic heterocycles. The Morgan fingerprint density at radius 1 is 1.29 bits per heavy atom. The monoisotopic (exact) mass is 377 g/mol. The van der Waals surface area contributed by atoms with Crippen LogP contribution >= 0.6 is 0 Å². The lowest BCUT2D eigenvalue weighted by molar-refractivity contribution is 0.0929. The van der Waals surface area contributed by atoms with E-state index in [1.807, 2.05) is 11.7 Å². The number of para-hydroxylation sites is 1. The number of hydrogen-bond acceptors (Lipinski definition) is 3. The standard InChI is InChI=1S/C22H27N5O/c1-26-20-10-11-27(13-15-12-23-19-9-5-4-8-17(15)19)14-18(20)21(25-26)22(28)24-16-6-2-3-7-16/h4-5,8-9,12,16,23H,2-3,6-7,10-11,13-14H2,1H3,(H,24,28). The number of carbonyl (C=O) groups is 1. The number of aromatic nitrogens is 3. The molecular weight excluding hydrogens is 350 g/mol. The number of nitrogens with zero attached hydrogens (tertiary/aromatic N) is 3. The topological polar surface area (TPSA) is 66.0 Å². The first-order chi connectivity index (χ1) is 13.7. The average molecular weight is 377 g/mol. The Morgan fingerprint density at radius 3 is 2.96 bits per heavy atom. The third kappa shape index (κ3) is 3.11. The Hall–Kier alpha value is -2.60. The molecule has 1 aliphatic carbocycles. The van der Waals surface area contributed by atoms with Crippen LogP contribution < -0.4 is 5.32 Å². The largest absolute Gasteiger partial charge is 0.361 e. The highest BCUT2D eigenvalue weighted by Gasteiger charge is 2.29. The second kappa shape index (κ2) is 7.09. The number of H-pyrrole nitrogens is 1. The summed E-state index contributed by atoms with van der Waals surface area (Å²) in [6, 6.07) is 8.73. The predicted molar refractivity (Wildman–Crippen MR) is 109 cm³/mol. The van der Waals surface area contributed by atoms with Gasteiger partial charge in [0, 0.05) is 67.5 Å². The van der Waals surface area contributed by atoms with Crippen molar-refractivity contribution in [2.24, 2.45) is 7.05 Å². The second-order valence-corrected chi connectivity index (χ2v) is 8.17. The van der Waals surface area contributed by atoms with Crippen molar-refractivity contribution in [3.05, 3.63) is 53.0 Å². The van der Waals surface area contributed by atoms with Crippen molar-refractivity contribution in [3.63, 3.8) is 0 Å². The maximum atomic E-state index is 12.9. The van der Waals surface area contributed by atoms with Crippen molar-refractivity contribution in [2.75, 3.05) is 6.54 Å². The summed E-state index contributed by atoms with van der Waals surface area (Å²) in [7, 11) is 1.96. The minimum Gasteiger partial charge on any atom is -0.361 e. The highest BCUT2D eigenvalue weighted by Crippen LogP contribution is 2.26. The van der Waals surface area contributed by atoms with Crippen molar-refractivity contribution < 1.29 is 4.79 Å². The molecule has 6 nitrogen and oxygen atoms in total. The van der Waals surface area contributed by atoms with Crippen molar-refractivity contribution in [1.82, 2.24) is 25.0 Å². The normalized spacial score (nSPS) is 17.9. The maximum Gasteiger partial charge on any atom is 0.272 e. The highest BCUT2D eigenvalue weighted by molar-refractivity contribution is 5.94. The Labute approximate surface area is 164 Å². The molecule has 28 heavy (non-hydrogen) atoms. The van der Waals surface area contributed by atoms with Gasteiger partial charge in [0.1, 0.15) is 0 Å². The van der Waals surface area contributed by atoms with Crippen molar-refractivity contribution in [1.29, 1.82) is 0 Å². The van der Waals surface area contributed by atoms with Gasteiger partial charge in [-0.1, -0.05) is 31.0 Å². The SMILES string of the molecule is Cn1nc(C(=O)NC2CCCC2)c2c1CCN(Cc1c[nH]c3ccccc13)C2. The first-order valence-corrected chi connectivity index (χ1v) is 10.3. The third-order valence-corrected chi connectivity index (χ3v) is 6.30. The smallest absolute Gasteiger partial charge is 0.272 e. The van der Waals surface area contributed by atoms with E-state index in [0.717, 1.165) is 44.5 Å². The van der Waals surface area contributed by atoms with Crippen LogP contribution in [0.15, 0.2) is 30.5 Å². The first kappa shape index (κ1) is 17.5. The molecule has 0 saturated heterocycles. The van der Waals surface area contributed by atoms with Gasteiger partial charge in [-0.3, -0.25) is 14.4 Å². The predicted octanol–water partition coefficient (Wildman–Crippen LogP) is 3.13. The van der Waals surface area contributed by atoms with Crippen LogP contribution in [0.4, 0.5) is 0 Å². The number of hydrogen-bond donors (Lipinski definition) is 2. The van der Waals surface area contributed by atoms with E-state index in [9.17, 15) is 4.79 Å². The van der Waals surface area contributed by atoms with E-state index in [2.05, 4.69) is 50.8 Å². The summed E-state index contributed by atoms with van der Waals surface area (Å²) in [5, 5.41) is 9.07. The van der Waals surface area contributed by atoms with Crippen LogP contribution in [0.1, 0.15) is 53.0 Å². The average Bonchev–Trinajstić information content (AvgIpc) is 3.42. The first-order valence-electron chi connectivity index (χ1n) is 10.3. The quantitative estimate of drug-likeness (QED) is 0.734. The lowest BCUT2D eigenvalue weighted by Crippen LogP contribution is -2.35. The Bertz CT molecular complexity index is 1010. The van der Waals surface area contributed by atoms with E-state index in [1.54, 1.807) is 0 Å². The van der Waals surface area contributed by atoms with E-state index >= 15 is 0 Å². The van der Waals surface area contributed by atoms with Crippen LogP contribution in [0.3, 0.4) is 0 Å². The number of benzene rings is 1. The summed E-state index contributed by atoms with van der Waals surface area (Å²) in [6.07, 6.45) is 7.64. The number of aromatic amines is 1. The summed E-state index contributed by atoms with van der Waals surface area (Å²) in [5.74, 6) is -0.00213. The van der Waals surface area contributed by atoms with Crippen molar-refractivity contribution in [3.8, 4) is 0 Å². The van der Waals surface area contributed by atoms with E-state index in [0.29, 0.717) is 11.7 Å². The van der Waals surface area contributed by atoms with E-state index < -0.39 is 0 Å². The summed E-state index contributed by atoms with van der Waals surface area (Å²) in [5.41, 5.74) is 5.40. The fourth-order valence-electron chi connectivity index (χ4n) is 4.79. The number of aryl methyl sites for hydroxylation is 1. The number of fused-ring (bicyclic) bond motifs is 2. The van der Waals surface area contributed by atoms with E-state index in [-0.39, 0.29) is 5.91 Å². The van der Waals surface area contributed by atoms with Gasteiger partial charge in [-0.15, -0.1) is 0 Å². The van der Waals surface area contributed by atoms with Crippen molar-refractivity contribution >= 4 is 16.8 Å². The molecule has 2 N–H and O–H groups in total. The molecule has 0 spiro atoms. The summed E-state index contributed by atoms with van der Waals surface area (Å²) < 4.78 is 1.90.